The molecule has 0 spiro atoms. The molecule has 1 amide bonds. The molecule has 5 heterocycles. The summed E-state index contributed by atoms with van der Waals surface area (Å²) in [5, 5.41) is 13.7. The number of pyridine rings is 3. The number of fused-ring (bicyclic) bond motifs is 6. The van der Waals surface area contributed by atoms with Crippen LogP contribution >= 0.6 is 11.9 Å². The average Bonchev–Trinajstić information content (AvgIpc) is 3.25. The van der Waals surface area contributed by atoms with Crippen LogP contribution in [0.25, 0.3) is 0 Å². The minimum absolute atomic E-state index is 0.133. The van der Waals surface area contributed by atoms with Gasteiger partial charge in [0.05, 0.1) is 17.3 Å². The van der Waals surface area contributed by atoms with E-state index >= 15 is 0 Å². The van der Waals surface area contributed by atoms with Gasteiger partial charge in [-0.15, -0.1) is 0 Å². The first-order chi connectivity index (χ1) is 18.9. The van der Waals surface area contributed by atoms with E-state index in [1.807, 2.05) is 42.5 Å². The first-order valence-corrected chi connectivity index (χ1v) is 14.6. The van der Waals surface area contributed by atoms with E-state index in [1.54, 1.807) is 6.07 Å². The summed E-state index contributed by atoms with van der Waals surface area (Å²) in [5.74, 6) is 1.93. The summed E-state index contributed by atoms with van der Waals surface area (Å²) in [7, 11) is 0. The fourth-order valence-corrected chi connectivity index (χ4v) is 6.31. The lowest BCUT2D eigenvalue weighted by Crippen LogP contribution is -2.40. The molecule has 0 aromatic carbocycles. The summed E-state index contributed by atoms with van der Waals surface area (Å²) in [6.45, 7) is 14.0. The number of hydrogen-bond donors (Lipinski definition) is 2. The molecule has 4 bridgehead atoms. The van der Waals surface area contributed by atoms with Crippen molar-refractivity contribution < 1.29 is 4.79 Å². The summed E-state index contributed by atoms with van der Waals surface area (Å²) in [6, 6.07) is 17.2. The molecule has 9 heteroatoms. The lowest BCUT2D eigenvalue weighted by molar-refractivity contribution is 0.0984. The quantitative estimate of drug-likeness (QED) is 0.338. The van der Waals surface area contributed by atoms with Gasteiger partial charge in [-0.25, -0.2) is 15.0 Å². The van der Waals surface area contributed by atoms with E-state index < -0.39 is 0 Å². The van der Waals surface area contributed by atoms with Gasteiger partial charge in [0.15, 0.2) is 0 Å². The van der Waals surface area contributed by atoms with Crippen LogP contribution in [0.5, 0.6) is 0 Å². The van der Waals surface area contributed by atoms with Gasteiger partial charge in [0, 0.05) is 35.1 Å². The second kappa shape index (κ2) is 10.7. The van der Waals surface area contributed by atoms with Crippen LogP contribution in [0.2, 0.25) is 0 Å². The highest BCUT2D eigenvalue weighted by molar-refractivity contribution is 7.97. The topological polar surface area (TPSA) is 107 Å². The Balaban J connectivity index is 1.59. The van der Waals surface area contributed by atoms with E-state index in [4.69, 9.17) is 9.97 Å². The fraction of sp³-hybridized carbons (Fsp3) is 0.452. The van der Waals surface area contributed by atoms with Crippen molar-refractivity contribution in [3.63, 3.8) is 0 Å². The molecule has 0 saturated carbocycles. The van der Waals surface area contributed by atoms with Gasteiger partial charge in [-0.05, 0) is 74.9 Å². The Morgan fingerprint density at radius 3 is 2.60 bits per heavy atom. The minimum atomic E-state index is -0.189. The molecule has 208 valence electrons. The van der Waals surface area contributed by atoms with Gasteiger partial charge in [0.25, 0.3) is 5.91 Å². The van der Waals surface area contributed by atoms with Crippen LogP contribution in [0.1, 0.15) is 87.9 Å². The number of nitrogens with zero attached hydrogens (tertiary/aromatic N) is 5. The van der Waals surface area contributed by atoms with Crippen LogP contribution in [-0.2, 0) is 5.41 Å². The van der Waals surface area contributed by atoms with E-state index in [1.165, 1.54) is 11.9 Å². The molecule has 0 aliphatic carbocycles. The van der Waals surface area contributed by atoms with Crippen molar-refractivity contribution in [3.05, 3.63) is 71.2 Å². The summed E-state index contributed by atoms with van der Waals surface area (Å²) >= 11 is 1.19. The molecule has 1 fully saturated rings. The predicted molar refractivity (Wildman–Crippen MR) is 159 cm³/mol. The molecule has 5 rings (SSSR count). The minimum Gasteiger partial charge on any atom is -0.362 e. The molecule has 40 heavy (non-hydrogen) atoms. The SMILES string of the molecule is CC1CC(c2cccc(C#N)n2)Nc2cccc(n2)SNC(=O)c2ccc(C(C)(C)C)nc2N2CC1CC2(C)C. The van der Waals surface area contributed by atoms with Crippen molar-refractivity contribution in [1.29, 1.82) is 5.26 Å². The van der Waals surface area contributed by atoms with Gasteiger partial charge >= 0.3 is 0 Å². The van der Waals surface area contributed by atoms with Crippen LogP contribution in [0.15, 0.2) is 53.6 Å². The largest absolute Gasteiger partial charge is 0.362 e. The molecule has 3 aromatic heterocycles. The third kappa shape index (κ3) is 5.78. The van der Waals surface area contributed by atoms with E-state index in [-0.39, 0.29) is 22.9 Å². The number of rotatable bonds is 1. The zero-order valence-electron chi connectivity index (χ0n) is 24.0. The van der Waals surface area contributed by atoms with Gasteiger partial charge in [0.1, 0.15) is 28.4 Å². The van der Waals surface area contributed by atoms with Gasteiger partial charge in [0.2, 0.25) is 0 Å². The van der Waals surface area contributed by atoms with E-state index in [9.17, 15) is 10.1 Å². The molecular formula is C31H37N7OS. The van der Waals surface area contributed by atoms with E-state index in [0.29, 0.717) is 33.9 Å². The van der Waals surface area contributed by atoms with Gasteiger partial charge in [-0.2, -0.15) is 5.26 Å². The van der Waals surface area contributed by atoms with Crippen molar-refractivity contribution in [1.82, 2.24) is 19.7 Å². The number of carbonyl (C=O) groups is 1. The molecule has 2 N–H and O–H groups in total. The highest BCUT2D eigenvalue weighted by atomic mass is 32.2. The first kappa shape index (κ1) is 27.9. The van der Waals surface area contributed by atoms with Gasteiger partial charge in [-0.1, -0.05) is 39.8 Å². The third-order valence-corrected chi connectivity index (χ3v) is 8.73. The highest BCUT2D eigenvalue weighted by Crippen LogP contribution is 2.43. The molecular weight excluding hydrogens is 518 g/mol. The van der Waals surface area contributed by atoms with Crippen molar-refractivity contribution in [3.8, 4) is 6.07 Å². The maximum Gasteiger partial charge on any atom is 0.265 e. The van der Waals surface area contributed by atoms with Crippen LogP contribution in [0.4, 0.5) is 11.6 Å². The Kier molecular flexibility index (Phi) is 7.49. The Bertz CT molecular complexity index is 1460. The first-order valence-electron chi connectivity index (χ1n) is 13.8. The van der Waals surface area contributed by atoms with E-state index in [2.05, 4.69) is 67.5 Å². The smallest absolute Gasteiger partial charge is 0.265 e. The maximum atomic E-state index is 13.6. The fourth-order valence-electron chi connectivity index (χ4n) is 5.71. The number of amides is 1. The summed E-state index contributed by atoms with van der Waals surface area (Å²) in [5.41, 5.74) is 2.41. The van der Waals surface area contributed by atoms with Gasteiger partial charge < -0.3 is 10.2 Å². The van der Waals surface area contributed by atoms with Crippen molar-refractivity contribution >= 4 is 29.5 Å². The third-order valence-electron chi connectivity index (χ3n) is 8.00. The molecule has 3 unspecified atom stereocenters. The van der Waals surface area contributed by atoms with Crippen LogP contribution in [0, 0.1) is 23.2 Å². The number of nitrogens with one attached hydrogen (secondary N) is 2. The molecule has 0 radical (unpaired) electrons. The standard InChI is InChI=1S/C31H37N7OS/c1-19-15-24(23-10-7-9-21(17-32)33-23)34-26-11-8-12-27(36-26)40-37-29(39)22-13-14-25(30(2,3)4)35-28(22)38-18-20(19)16-31(38,5)6/h7-14,19-20,24H,15-16,18H2,1-6H3,(H,34,36)(H,37,39). The average molecular weight is 556 g/mol. The molecule has 2 aliphatic heterocycles. The Hall–Kier alpha value is -3.64. The molecule has 1 saturated heterocycles. The molecule has 3 atom stereocenters. The molecule has 8 nitrogen and oxygen atoms in total. The Labute approximate surface area is 241 Å². The number of anilines is 2. The van der Waals surface area contributed by atoms with Crippen molar-refractivity contribution in [2.24, 2.45) is 11.8 Å². The normalized spacial score (nSPS) is 22.7. The zero-order chi connectivity index (χ0) is 28.7. The van der Waals surface area contributed by atoms with Crippen LogP contribution in [-0.4, -0.2) is 32.9 Å². The Morgan fingerprint density at radius 2 is 1.85 bits per heavy atom. The van der Waals surface area contributed by atoms with E-state index in [0.717, 1.165) is 36.6 Å². The summed E-state index contributed by atoms with van der Waals surface area (Å²) < 4.78 is 3.00. The number of aromatic nitrogens is 3. The summed E-state index contributed by atoms with van der Waals surface area (Å²) in [6.07, 6.45) is 1.78. The number of nitriles is 1. The Morgan fingerprint density at radius 1 is 1.07 bits per heavy atom. The van der Waals surface area contributed by atoms with Crippen LogP contribution in [0.3, 0.4) is 0 Å². The zero-order valence-corrected chi connectivity index (χ0v) is 24.8. The summed E-state index contributed by atoms with van der Waals surface area (Å²) in [4.78, 5) is 30.4. The lowest BCUT2D eigenvalue weighted by atomic mass is 9.83. The number of hydrogen-bond acceptors (Lipinski definition) is 8. The number of carbonyl (C=O) groups excluding carboxylic acids is 1. The second-order valence-corrected chi connectivity index (χ2v) is 13.4. The second-order valence-electron chi connectivity index (χ2n) is 12.6. The van der Waals surface area contributed by atoms with Crippen molar-refractivity contribution in [2.45, 2.75) is 76.4 Å². The van der Waals surface area contributed by atoms with Crippen LogP contribution < -0.4 is 14.9 Å². The monoisotopic (exact) mass is 555 g/mol. The predicted octanol–water partition coefficient (Wildman–Crippen LogP) is 6.28. The maximum absolute atomic E-state index is 13.6. The molecule has 2 aliphatic rings. The van der Waals surface area contributed by atoms with Gasteiger partial charge in [-0.3, -0.25) is 9.52 Å². The lowest BCUT2D eigenvalue weighted by Gasteiger charge is -2.34. The highest BCUT2D eigenvalue weighted by Gasteiger charge is 2.43. The molecule has 3 aromatic rings. The van der Waals surface area contributed by atoms with Crippen molar-refractivity contribution in [2.75, 3.05) is 16.8 Å².